The SMILES string of the molecule is N#CCC(=O)[C@@H]1CCCN(c2ccc(F)cc2)C1=O. The Balaban J connectivity index is 2.19. The Bertz CT molecular complexity index is 533. The number of carbonyl (C=O) groups is 2. The number of hydrogen-bond acceptors (Lipinski definition) is 3. The molecule has 19 heavy (non-hydrogen) atoms. The second-order valence-electron chi connectivity index (χ2n) is 4.46. The number of nitrogens with zero attached hydrogens (tertiary/aromatic N) is 2. The van der Waals surface area contributed by atoms with Crippen molar-refractivity contribution in [1.82, 2.24) is 0 Å². The lowest BCUT2D eigenvalue weighted by atomic mass is 9.91. The molecule has 0 radical (unpaired) electrons. The van der Waals surface area contributed by atoms with Gasteiger partial charge in [0.2, 0.25) is 5.91 Å². The van der Waals surface area contributed by atoms with Gasteiger partial charge in [-0.15, -0.1) is 0 Å². The van der Waals surface area contributed by atoms with Gasteiger partial charge in [0.1, 0.15) is 5.82 Å². The summed E-state index contributed by atoms with van der Waals surface area (Å²) < 4.78 is 12.9. The topological polar surface area (TPSA) is 61.2 Å². The van der Waals surface area contributed by atoms with Crippen LogP contribution in [-0.4, -0.2) is 18.2 Å². The highest BCUT2D eigenvalue weighted by atomic mass is 19.1. The van der Waals surface area contributed by atoms with E-state index in [1.165, 1.54) is 29.2 Å². The molecule has 5 heteroatoms. The second kappa shape index (κ2) is 5.61. The fraction of sp³-hybridized carbons (Fsp3) is 0.357. The van der Waals surface area contributed by atoms with Gasteiger partial charge in [0.05, 0.1) is 18.4 Å². The number of Topliss-reactive ketones (excluding diaryl/α,β-unsaturated/α-hetero) is 1. The van der Waals surface area contributed by atoms with Crippen LogP contribution in [0.1, 0.15) is 19.3 Å². The molecule has 1 aromatic rings. The first-order valence-corrected chi connectivity index (χ1v) is 6.10. The summed E-state index contributed by atoms with van der Waals surface area (Å²) >= 11 is 0. The zero-order valence-corrected chi connectivity index (χ0v) is 10.3. The fourth-order valence-electron chi connectivity index (χ4n) is 2.25. The Morgan fingerprint density at radius 2 is 2.11 bits per heavy atom. The summed E-state index contributed by atoms with van der Waals surface area (Å²) in [6.45, 7) is 0.515. The lowest BCUT2D eigenvalue weighted by Gasteiger charge is -2.31. The van der Waals surface area contributed by atoms with E-state index in [1.54, 1.807) is 6.07 Å². The van der Waals surface area contributed by atoms with E-state index in [9.17, 15) is 14.0 Å². The standard InChI is InChI=1S/C14H13FN2O2/c15-10-3-5-11(6-4-10)17-9-1-2-12(14(17)19)13(18)7-8-16/h3-6,12H,1-2,7,9H2/t12-/m0/s1. The maximum Gasteiger partial charge on any atom is 0.237 e. The van der Waals surface area contributed by atoms with Crippen LogP contribution >= 0.6 is 0 Å². The quantitative estimate of drug-likeness (QED) is 0.781. The first kappa shape index (κ1) is 13.2. The minimum atomic E-state index is -0.738. The van der Waals surface area contributed by atoms with Crippen molar-refractivity contribution in [2.45, 2.75) is 19.3 Å². The average molecular weight is 260 g/mol. The summed E-state index contributed by atoms with van der Waals surface area (Å²) in [6, 6.07) is 7.38. The normalized spacial score (nSPS) is 19.1. The summed E-state index contributed by atoms with van der Waals surface area (Å²) in [7, 11) is 0. The number of piperidine rings is 1. The van der Waals surface area contributed by atoms with Crippen LogP contribution in [-0.2, 0) is 9.59 Å². The Kier molecular flexibility index (Phi) is 3.91. The van der Waals surface area contributed by atoms with Crippen LogP contribution in [0.5, 0.6) is 0 Å². The first-order valence-electron chi connectivity index (χ1n) is 6.10. The number of anilines is 1. The molecular weight excluding hydrogens is 247 g/mol. The lowest BCUT2D eigenvalue weighted by Crippen LogP contribution is -2.44. The van der Waals surface area contributed by atoms with Crippen molar-refractivity contribution in [1.29, 1.82) is 5.26 Å². The van der Waals surface area contributed by atoms with Gasteiger partial charge >= 0.3 is 0 Å². The molecule has 0 bridgehead atoms. The van der Waals surface area contributed by atoms with Crippen molar-refractivity contribution < 1.29 is 14.0 Å². The van der Waals surface area contributed by atoms with E-state index in [4.69, 9.17) is 5.26 Å². The van der Waals surface area contributed by atoms with E-state index >= 15 is 0 Å². The van der Waals surface area contributed by atoms with Crippen LogP contribution in [0.3, 0.4) is 0 Å². The Hall–Kier alpha value is -2.22. The highest BCUT2D eigenvalue weighted by molar-refractivity contribution is 6.09. The van der Waals surface area contributed by atoms with E-state index in [0.29, 0.717) is 25.1 Å². The predicted octanol–water partition coefficient (Wildman–Crippen LogP) is 2.05. The van der Waals surface area contributed by atoms with E-state index in [2.05, 4.69) is 0 Å². The number of rotatable bonds is 3. The van der Waals surface area contributed by atoms with Crippen LogP contribution in [0.4, 0.5) is 10.1 Å². The van der Waals surface area contributed by atoms with E-state index in [-0.39, 0.29) is 23.9 Å². The number of ketones is 1. The van der Waals surface area contributed by atoms with Crippen LogP contribution in [0.25, 0.3) is 0 Å². The largest absolute Gasteiger partial charge is 0.312 e. The van der Waals surface area contributed by atoms with Crippen LogP contribution < -0.4 is 4.90 Å². The molecule has 0 spiro atoms. The molecule has 1 aliphatic heterocycles. The van der Waals surface area contributed by atoms with Gasteiger partial charge in [0, 0.05) is 12.2 Å². The molecule has 1 amide bonds. The minimum Gasteiger partial charge on any atom is -0.312 e. The molecule has 1 aromatic carbocycles. The average Bonchev–Trinajstić information content (AvgIpc) is 2.40. The Morgan fingerprint density at radius 3 is 2.74 bits per heavy atom. The third-order valence-electron chi connectivity index (χ3n) is 3.22. The van der Waals surface area contributed by atoms with Crippen molar-refractivity contribution in [2.75, 3.05) is 11.4 Å². The monoisotopic (exact) mass is 260 g/mol. The molecule has 4 nitrogen and oxygen atoms in total. The van der Waals surface area contributed by atoms with Gasteiger partial charge in [-0.25, -0.2) is 4.39 Å². The third kappa shape index (κ3) is 2.79. The predicted molar refractivity (Wildman–Crippen MR) is 66.7 cm³/mol. The first-order chi connectivity index (χ1) is 9.13. The van der Waals surface area contributed by atoms with Gasteiger partial charge < -0.3 is 4.90 Å². The van der Waals surface area contributed by atoms with Crippen molar-refractivity contribution in [3.05, 3.63) is 30.1 Å². The summed E-state index contributed by atoms with van der Waals surface area (Å²) in [5, 5.41) is 8.53. The van der Waals surface area contributed by atoms with Gasteiger partial charge in [-0.05, 0) is 37.1 Å². The van der Waals surface area contributed by atoms with Crippen LogP contribution in [0, 0.1) is 23.1 Å². The van der Waals surface area contributed by atoms with E-state index in [0.717, 1.165) is 0 Å². The highest BCUT2D eigenvalue weighted by Crippen LogP contribution is 2.25. The number of halogens is 1. The third-order valence-corrected chi connectivity index (χ3v) is 3.22. The molecule has 0 N–H and O–H groups in total. The van der Waals surface area contributed by atoms with E-state index in [1.807, 2.05) is 0 Å². The molecule has 2 rings (SSSR count). The molecule has 1 heterocycles. The molecule has 0 aromatic heterocycles. The molecule has 0 unspecified atom stereocenters. The van der Waals surface area contributed by atoms with Gasteiger partial charge in [-0.3, -0.25) is 9.59 Å². The van der Waals surface area contributed by atoms with Crippen LogP contribution in [0.2, 0.25) is 0 Å². The van der Waals surface area contributed by atoms with Gasteiger partial charge in [0.15, 0.2) is 5.78 Å². The zero-order chi connectivity index (χ0) is 13.8. The number of hydrogen-bond donors (Lipinski definition) is 0. The molecule has 1 saturated heterocycles. The summed E-state index contributed by atoms with van der Waals surface area (Å²) in [5.41, 5.74) is 0.584. The van der Waals surface area contributed by atoms with Gasteiger partial charge in [0.25, 0.3) is 0 Å². The number of benzene rings is 1. The fourth-order valence-corrected chi connectivity index (χ4v) is 2.25. The lowest BCUT2D eigenvalue weighted by molar-refractivity contribution is -0.133. The number of carbonyl (C=O) groups excluding carboxylic acids is 2. The van der Waals surface area contributed by atoms with Gasteiger partial charge in [-0.2, -0.15) is 5.26 Å². The van der Waals surface area contributed by atoms with Gasteiger partial charge in [-0.1, -0.05) is 0 Å². The molecule has 1 aliphatic rings. The second-order valence-corrected chi connectivity index (χ2v) is 4.46. The Morgan fingerprint density at radius 1 is 1.42 bits per heavy atom. The minimum absolute atomic E-state index is 0.242. The molecule has 98 valence electrons. The maximum absolute atomic E-state index is 12.9. The van der Waals surface area contributed by atoms with Crippen LogP contribution in [0.15, 0.2) is 24.3 Å². The number of amides is 1. The zero-order valence-electron chi connectivity index (χ0n) is 10.3. The summed E-state index contributed by atoms with van der Waals surface area (Å²) in [4.78, 5) is 25.4. The Labute approximate surface area is 110 Å². The molecular formula is C14H13FN2O2. The molecule has 1 atom stereocenters. The molecule has 0 aliphatic carbocycles. The molecule has 0 saturated carbocycles. The number of nitriles is 1. The van der Waals surface area contributed by atoms with Crippen molar-refractivity contribution in [3.63, 3.8) is 0 Å². The summed E-state index contributed by atoms with van der Waals surface area (Å²) in [5.74, 6) is -1.74. The van der Waals surface area contributed by atoms with Crippen molar-refractivity contribution in [3.8, 4) is 6.07 Å². The van der Waals surface area contributed by atoms with Crippen molar-refractivity contribution >= 4 is 17.4 Å². The summed E-state index contributed by atoms with van der Waals surface area (Å²) in [6.07, 6.45) is 0.940. The highest BCUT2D eigenvalue weighted by Gasteiger charge is 2.34. The molecule has 1 fully saturated rings. The van der Waals surface area contributed by atoms with Crippen molar-refractivity contribution in [2.24, 2.45) is 5.92 Å². The van der Waals surface area contributed by atoms with E-state index < -0.39 is 5.92 Å². The maximum atomic E-state index is 12.9. The smallest absolute Gasteiger partial charge is 0.237 e.